The summed E-state index contributed by atoms with van der Waals surface area (Å²) in [5.41, 5.74) is 6.84. The number of para-hydroxylation sites is 1. The number of aryl methyl sites for hydroxylation is 1. The summed E-state index contributed by atoms with van der Waals surface area (Å²) >= 11 is 0. The van der Waals surface area contributed by atoms with E-state index in [-0.39, 0.29) is 6.54 Å². The lowest BCUT2D eigenvalue weighted by atomic mass is 9.78. The number of hydrogen-bond acceptors (Lipinski definition) is 3. The van der Waals surface area contributed by atoms with E-state index in [9.17, 15) is 9.90 Å². The number of carboxylic acid groups (broad SMARTS) is 1. The summed E-state index contributed by atoms with van der Waals surface area (Å²) in [7, 11) is 1.89. The highest BCUT2D eigenvalue weighted by atomic mass is 16.4. The average molecular weight is 287 g/mol. The van der Waals surface area contributed by atoms with Gasteiger partial charge in [0.05, 0.1) is 16.6 Å². The Balaban J connectivity index is 1.99. The van der Waals surface area contributed by atoms with Crippen molar-refractivity contribution in [1.82, 2.24) is 9.78 Å². The molecule has 1 fully saturated rings. The van der Waals surface area contributed by atoms with Crippen molar-refractivity contribution in [1.29, 1.82) is 0 Å². The summed E-state index contributed by atoms with van der Waals surface area (Å²) in [6.45, 7) is 0.156. The van der Waals surface area contributed by atoms with Gasteiger partial charge in [-0.2, -0.15) is 5.10 Å². The van der Waals surface area contributed by atoms with Crippen LogP contribution in [0.3, 0.4) is 0 Å². The van der Waals surface area contributed by atoms with Crippen LogP contribution >= 0.6 is 0 Å². The fraction of sp³-hybridized carbons (Fsp3) is 0.500. The molecule has 3 N–H and O–H groups in total. The van der Waals surface area contributed by atoms with Crippen LogP contribution in [0.25, 0.3) is 10.9 Å². The number of carbonyl (C=O) groups is 1. The summed E-state index contributed by atoms with van der Waals surface area (Å²) in [5, 5.41) is 15.3. The highest BCUT2D eigenvalue weighted by molar-refractivity contribution is 5.83. The molecule has 2 aromatic rings. The second kappa shape index (κ2) is 5.15. The van der Waals surface area contributed by atoms with Crippen molar-refractivity contribution >= 4 is 16.9 Å². The normalized spacial score (nSPS) is 17.8. The maximum atomic E-state index is 11.8. The van der Waals surface area contributed by atoms with E-state index in [2.05, 4.69) is 5.10 Å². The molecular formula is C16H21N3O2. The molecule has 0 bridgehead atoms. The monoisotopic (exact) mass is 287 g/mol. The molecule has 1 unspecified atom stereocenters. The Labute approximate surface area is 123 Å². The van der Waals surface area contributed by atoms with Gasteiger partial charge in [0, 0.05) is 25.4 Å². The molecular weight excluding hydrogens is 266 g/mol. The lowest BCUT2D eigenvalue weighted by Crippen LogP contribution is -2.41. The minimum absolute atomic E-state index is 0.156. The Morgan fingerprint density at radius 1 is 1.48 bits per heavy atom. The summed E-state index contributed by atoms with van der Waals surface area (Å²) < 4.78 is 1.81. The molecule has 1 saturated carbocycles. The lowest BCUT2D eigenvalue weighted by Gasteiger charge is -2.27. The third-order valence-electron chi connectivity index (χ3n) is 4.56. The van der Waals surface area contributed by atoms with Gasteiger partial charge in [0.25, 0.3) is 0 Å². The molecule has 5 heteroatoms. The summed E-state index contributed by atoms with van der Waals surface area (Å²) in [6, 6.07) is 7.92. The summed E-state index contributed by atoms with van der Waals surface area (Å²) in [6.07, 6.45) is 3.30. The molecule has 0 saturated heterocycles. The number of aliphatic carboxylic acids is 1. The summed E-state index contributed by atoms with van der Waals surface area (Å²) in [5.74, 6) is -0.286. The van der Waals surface area contributed by atoms with Gasteiger partial charge in [0.15, 0.2) is 0 Å². The lowest BCUT2D eigenvalue weighted by molar-refractivity contribution is -0.149. The maximum absolute atomic E-state index is 11.8. The number of nitrogens with two attached hydrogens (primary N) is 1. The Bertz CT molecular complexity index is 675. The Hall–Kier alpha value is -1.88. The first-order valence-electron chi connectivity index (χ1n) is 7.40. The molecule has 1 heterocycles. The highest BCUT2D eigenvalue weighted by Crippen LogP contribution is 2.42. The maximum Gasteiger partial charge on any atom is 0.311 e. The molecule has 1 atom stereocenters. The zero-order valence-electron chi connectivity index (χ0n) is 12.2. The van der Waals surface area contributed by atoms with E-state index in [0.717, 1.165) is 29.4 Å². The number of carboxylic acids is 1. The van der Waals surface area contributed by atoms with Crippen LogP contribution in [0.2, 0.25) is 0 Å². The van der Waals surface area contributed by atoms with Crippen LogP contribution in [0, 0.1) is 11.3 Å². The van der Waals surface area contributed by atoms with Gasteiger partial charge in [0.1, 0.15) is 0 Å². The minimum atomic E-state index is -0.891. The highest BCUT2D eigenvalue weighted by Gasteiger charge is 2.43. The van der Waals surface area contributed by atoms with Crippen molar-refractivity contribution in [3.05, 3.63) is 30.0 Å². The Morgan fingerprint density at radius 2 is 2.19 bits per heavy atom. The fourth-order valence-corrected chi connectivity index (χ4v) is 3.09. The zero-order chi connectivity index (χ0) is 15.0. The van der Waals surface area contributed by atoms with Gasteiger partial charge < -0.3 is 10.8 Å². The predicted octanol–water partition coefficient (Wildman–Crippen LogP) is 1.95. The molecule has 5 nitrogen and oxygen atoms in total. The number of rotatable bonds is 6. The van der Waals surface area contributed by atoms with Crippen molar-refractivity contribution in [3.8, 4) is 0 Å². The predicted molar refractivity (Wildman–Crippen MR) is 80.9 cm³/mol. The molecule has 112 valence electrons. The topological polar surface area (TPSA) is 81.1 Å². The van der Waals surface area contributed by atoms with Gasteiger partial charge in [0.2, 0.25) is 0 Å². The number of aromatic nitrogens is 2. The number of hydrogen-bond donors (Lipinski definition) is 2. The molecule has 0 amide bonds. The number of fused-ring (bicyclic) bond motifs is 1. The van der Waals surface area contributed by atoms with E-state index in [1.165, 1.54) is 0 Å². The molecule has 21 heavy (non-hydrogen) atoms. The van der Waals surface area contributed by atoms with E-state index >= 15 is 0 Å². The molecule has 0 radical (unpaired) electrons. The van der Waals surface area contributed by atoms with Gasteiger partial charge in [-0.1, -0.05) is 31.0 Å². The third kappa shape index (κ3) is 2.53. The second-order valence-electron chi connectivity index (χ2n) is 6.20. The van der Waals surface area contributed by atoms with Gasteiger partial charge >= 0.3 is 5.97 Å². The van der Waals surface area contributed by atoms with Crippen LogP contribution in [0.1, 0.15) is 25.0 Å². The van der Waals surface area contributed by atoms with Crippen LogP contribution < -0.4 is 5.73 Å². The second-order valence-corrected chi connectivity index (χ2v) is 6.20. The van der Waals surface area contributed by atoms with Gasteiger partial charge in [-0.25, -0.2) is 0 Å². The average Bonchev–Trinajstić information content (AvgIpc) is 3.23. The van der Waals surface area contributed by atoms with Gasteiger partial charge in [-0.3, -0.25) is 9.48 Å². The van der Waals surface area contributed by atoms with Crippen molar-refractivity contribution in [3.63, 3.8) is 0 Å². The van der Waals surface area contributed by atoms with Crippen LogP contribution in [0.15, 0.2) is 24.3 Å². The van der Waals surface area contributed by atoms with Crippen LogP contribution in [0.4, 0.5) is 0 Å². The Morgan fingerprint density at radius 3 is 2.81 bits per heavy atom. The Kier molecular flexibility index (Phi) is 3.45. The van der Waals surface area contributed by atoms with Crippen molar-refractivity contribution in [2.24, 2.45) is 24.1 Å². The first kappa shape index (κ1) is 14.1. The van der Waals surface area contributed by atoms with Crippen molar-refractivity contribution in [2.75, 3.05) is 6.54 Å². The quantitative estimate of drug-likeness (QED) is 0.851. The molecule has 3 rings (SSSR count). The largest absolute Gasteiger partial charge is 0.481 e. The fourth-order valence-electron chi connectivity index (χ4n) is 3.09. The smallest absolute Gasteiger partial charge is 0.311 e. The first-order valence-corrected chi connectivity index (χ1v) is 7.40. The van der Waals surface area contributed by atoms with E-state index in [0.29, 0.717) is 18.8 Å². The molecule has 0 spiro atoms. The SMILES string of the molecule is Cn1nc(CC(CN)(CC2CC2)C(=O)O)c2ccccc21. The minimum Gasteiger partial charge on any atom is -0.481 e. The van der Waals surface area contributed by atoms with Crippen LogP contribution in [-0.2, 0) is 18.3 Å². The van der Waals surface area contributed by atoms with Gasteiger partial charge in [-0.15, -0.1) is 0 Å². The number of benzene rings is 1. The molecule has 0 aliphatic heterocycles. The van der Waals surface area contributed by atoms with Gasteiger partial charge in [-0.05, 0) is 18.4 Å². The van der Waals surface area contributed by atoms with Crippen LogP contribution in [-0.4, -0.2) is 27.4 Å². The molecule has 1 aromatic heterocycles. The molecule has 1 aromatic carbocycles. The van der Waals surface area contributed by atoms with E-state index in [1.54, 1.807) is 0 Å². The van der Waals surface area contributed by atoms with Crippen LogP contribution in [0.5, 0.6) is 0 Å². The first-order chi connectivity index (χ1) is 10.1. The van der Waals surface area contributed by atoms with Crippen molar-refractivity contribution in [2.45, 2.75) is 25.7 Å². The zero-order valence-corrected chi connectivity index (χ0v) is 12.2. The standard InChI is InChI=1S/C16H21N3O2/c1-19-14-5-3-2-4-12(14)13(18-19)9-16(10-17,15(20)21)8-11-6-7-11/h2-5,11H,6-10,17H2,1H3,(H,20,21). The number of nitrogens with zero attached hydrogens (tertiary/aromatic N) is 2. The van der Waals surface area contributed by atoms with Crippen molar-refractivity contribution < 1.29 is 9.90 Å². The molecule has 1 aliphatic rings. The van der Waals surface area contributed by atoms with E-state index in [1.807, 2.05) is 36.0 Å². The summed E-state index contributed by atoms with van der Waals surface area (Å²) in [4.78, 5) is 11.8. The molecule has 1 aliphatic carbocycles. The van der Waals surface area contributed by atoms with E-state index in [4.69, 9.17) is 5.73 Å². The van der Waals surface area contributed by atoms with E-state index < -0.39 is 11.4 Å². The third-order valence-corrected chi connectivity index (χ3v) is 4.56.